The Morgan fingerprint density at radius 2 is 2.03 bits per heavy atom. The number of pyridine rings is 1. The average Bonchev–Trinajstić information content (AvgIpc) is 2.72. The van der Waals surface area contributed by atoms with E-state index < -0.39 is 0 Å². The van der Waals surface area contributed by atoms with Crippen LogP contribution in [-0.2, 0) is 0 Å². The molecule has 1 saturated heterocycles. The highest BCUT2D eigenvalue weighted by Gasteiger charge is 2.15. The molecule has 0 spiro atoms. The maximum Gasteiger partial charge on any atom is 0.266 e. The van der Waals surface area contributed by atoms with Gasteiger partial charge in [0.2, 0.25) is 0 Å². The van der Waals surface area contributed by atoms with Gasteiger partial charge in [0.25, 0.3) is 5.56 Å². The minimum Gasteiger partial charge on any atom is -0.494 e. The van der Waals surface area contributed by atoms with Crippen LogP contribution in [-0.4, -0.2) is 45.7 Å². The number of likely N-dealkylation sites (tertiary alicyclic amines) is 1. The number of hydrogen-bond acceptors (Lipinski definition) is 5. The van der Waals surface area contributed by atoms with Crippen molar-refractivity contribution in [1.82, 2.24) is 19.4 Å². The van der Waals surface area contributed by atoms with E-state index in [1.807, 2.05) is 31.2 Å². The predicted molar refractivity (Wildman–Crippen MR) is 115 cm³/mol. The number of piperidine rings is 1. The van der Waals surface area contributed by atoms with Gasteiger partial charge in [-0.2, -0.15) is 0 Å². The number of hydrogen-bond donors (Lipinski definition) is 0. The lowest BCUT2D eigenvalue weighted by Crippen LogP contribution is -2.35. The molecule has 1 aromatic carbocycles. The van der Waals surface area contributed by atoms with Gasteiger partial charge in [0.05, 0.1) is 29.4 Å². The van der Waals surface area contributed by atoms with Crippen molar-refractivity contribution in [3.8, 4) is 11.4 Å². The van der Waals surface area contributed by atoms with E-state index in [1.165, 1.54) is 25.9 Å². The van der Waals surface area contributed by atoms with Crippen molar-refractivity contribution in [3.05, 3.63) is 58.9 Å². The van der Waals surface area contributed by atoms with Gasteiger partial charge in [-0.1, -0.05) is 6.92 Å². The van der Waals surface area contributed by atoms with Gasteiger partial charge >= 0.3 is 0 Å². The summed E-state index contributed by atoms with van der Waals surface area (Å²) in [6, 6.07) is 9.36. The van der Waals surface area contributed by atoms with Crippen molar-refractivity contribution in [2.45, 2.75) is 33.1 Å². The van der Waals surface area contributed by atoms with Crippen LogP contribution in [0.1, 0.15) is 32.0 Å². The van der Waals surface area contributed by atoms with Crippen molar-refractivity contribution in [2.24, 2.45) is 5.92 Å². The lowest BCUT2D eigenvalue weighted by Gasteiger charge is -2.30. The summed E-state index contributed by atoms with van der Waals surface area (Å²) in [6.45, 7) is 8.38. The van der Waals surface area contributed by atoms with Crippen LogP contribution in [0.25, 0.3) is 16.6 Å². The summed E-state index contributed by atoms with van der Waals surface area (Å²) in [4.78, 5) is 24.0. The Morgan fingerprint density at radius 1 is 1.21 bits per heavy atom. The first-order chi connectivity index (χ1) is 14.1. The van der Waals surface area contributed by atoms with E-state index in [-0.39, 0.29) is 5.56 Å². The summed E-state index contributed by atoms with van der Waals surface area (Å²) in [7, 11) is 0. The Hall–Kier alpha value is -2.73. The molecule has 3 heterocycles. The number of fused-ring (bicyclic) bond motifs is 1. The second-order valence-electron chi connectivity index (χ2n) is 7.94. The Balaban J connectivity index is 1.39. The number of aromatic nitrogens is 3. The van der Waals surface area contributed by atoms with Gasteiger partial charge in [0, 0.05) is 19.3 Å². The van der Waals surface area contributed by atoms with E-state index in [1.54, 1.807) is 23.0 Å². The fourth-order valence-corrected chi connectivity index (χ4v) is 4.11. The number of aryl methyl sites for hydroxylation is 1. The van der Waals surface area contributed by atoms with Crippen LogP contribution in [0.15, 0.2) is 47.5 Å². The van der Waals surface area contributed by atoms with Crippen molar-refractivity contribution in [2.75, 3.05) is 26.2 Å². The summed E-state index contributed by atoms with van der Waals surface area (Å²) >= 11 is 0. The molecule has 0 aliphatic carbocycles. The van der Waals surface area contributed by atoms with Gasteiger partial charge in [0.1, 0.15) is 11.6 Å². The molecule has 0 N–H and O–H groups in total. The normalized spacial score (nSPS) is 17.5. The number of benzene rings is 1. The van der Waals surface area contributed by atoms with Crippen LogP contribution in [0.5, 0.6) is 5.75 Å². The molecule has 152 valence electrons. The molecule has 3 aromatic rings. The molecule has 1 aliphatic heterocycles. The van der Waals surface area contributed by atoms with Gasteiger partial charge < -0.3 is 9.64 Å². The summed E-state index contributed by atoms with van der Waals surface area (Å²) in [5.41, 5.74) is 1.32. The molecule has 0 saturated carbocycles. The molecule has 1 fully saturated rings. The molecule has 0 radical (unpaired) electrons. The van der Waals surface area contributed by atoms with E-state index in [9.17, 15) is 4.79 Å². The Morgan fingerprint density at radius 3 is 2.83 bits per heavy atom. The van der Waals surface area contributed by atoms with E-state index in [4.69, 9.17) is 4.74 Å². The minimum absolute atomic E-state index is 0.0840. The SMILES string of the molecule is Cc1nc2cnccc2c(=O)n1-c1ccc(OCCCN2CCC[C@H](C)C2)cc1. The predicted octanol–water partition coefficient (Wildman–Crippen LogP) is 3.59. The monoisotopic (exact) mass is 392 g/mol. The zero-order valence-corrected chi connectivity index (χ0v) is 17.2. The molecule has 0 bridgehead atoms. The third kappa shape index (κ3) is 4.48. The molecule has 6 heteroatoms. The van der Waals surface area contributed by atoms with Crippen LogP contribution < -0.4 is 10.3 Å². The second-order valence-corrected chi connectivity index (χ2v) is 7.94. The largest absolute Gasteiger partial charge is 0.494 e. The first-order valence-electron chi connectivity index (χ1n) is 10.4. The second kappa shape index (κ2) is 8.74. The summed E-state index contributed by atoms with van der Waals surface area (Å²) in [6.07, 6.45) is 6.92. The quantitative estimate of drug-likeness (QED) is 0.600. The van der Waals surface area contributed by atoms with Crippen molar-refractivity contribution < 1.29 is 4.74 Å². The summed E-state index contributed by atoms with van der Waals surface area (Å²) in [5.74, 6) is 2.27. The molecule has 1 aliphatic rings. The molecular weight excluding hydrogens is 364 g/mol. The van der Waals surface area contributed by atoms with Gasteiger partial charge in [-0.15, -0.1) is 0 Å². The minimum atomic E-state index is -0.0840. The lowest BCUT2D eigenvalue weighted by atomic mass is 10.0. The van der Waals surface area contributed by atoms with Crippen molar-refractivity contribution in [3.63, 3.8) is 0 Å². The fraction of sp³-hybridized carbons (Fsp3) is 0.435. The van der Waals surface area contributed by atoms with Gasteiger partial charge in [-0.25, -0.2) is 4.98 Å². The highest BCUT2D eigenvalue weighted by Crippen LogP contribution is 2.18. The highest BCUT2D eigenvalue weighted by atomic mass is 16.5. The Labute approximate surface area is 171 Å². The van der Waals surface area contributed by atoms with Gasteiger partial charge in [0.15, 0.2) is 0 Å². The van der Waals surface area contributed by atoms with Gasteiger partial charge in [-0.3, -0.25) is 14.3 Å². The number of ether oxygens (including phenoxy) is 1. The fourth-order valence-electron chi connectivity index (χ4n) is 4.11. The third-order valence-electron chi connectivity index (χ3n) is 5.56. The van der Waals surface area contributed by atoms with Crippen molar-refractivity contribution >= 4 is 10.9 Å². The van der Waals surface area contributed by atoms with Gasteiger partial charge in [-0.05, 0) is 69.0 Å². The molecule has 2 aromatic heterocycles. The van der Waals surface area contributed by atoms with Crippen LogP contribution >= 0.6 is 0 Å². The molecule has 29 heavy (non-hydrogen) atoms. The van der Waals surface area contributed by atoms with Crippen LogP contribution in [0, 0.1) is 12.8 Å². The standard InChI is InChI=1S/C23H28N4O2/c1-17-5-3-12-26(16-17)13-4-14-29-20-8-6-19(7-9-20)27-18(2)25-22-15-24-11-10-21(22)23(27)28/h6-11,15,17H,3-5,12-14,16H2,1-2H3/t17-/m0/s1. The van der Waals surface area contributed by atoms with E-state index in [2.05, 4.69) is 21.8 Å². The topological polar surface area (TPSA) is 60.3 Å². The average molecular weight is 393 g/mol. The molecule has 0 amide bonds. The number of rotatable bonds is 6. The van der Waals surface area contributed by atoms with Crippen LogP contribution in [0.3, 0.4) is 0 Å². The summed E-state index contributed by atoms with van der Waals surface area (Å²) < 4.78 is 7.54. The smallest absolute Gasteiger partial charge is 0.266 e. The highest BCUT2D eigenvalue weighted by molar-refractivity contribution is 5.76. The Kier molecular flexibility index (Phi) is 5.90. The Bertz CT molecular complexity index is 1030. The molecule has 4 rings (SSSR count). The molecule has 1 atom stereocenters. The zero-order chi connectivity index (χ0) is 20.2. The van der Waals surface area contributed by atoms with E-state index >= 15 is 0 Å². The van der Waals surface area contributed by atoms with Crippen LogP contribution in [0.2, 0.25) is 0 Å². The zero-order valence-electron chi connectivity index (χ0n) is 17.2. The third-order valence-corrected chi connectivity index (χ3v) is 5.56. The molecular formula is C23H28N4O2. The first-order valence-corrected chi connectivity index (χ1v) is 10.4. The van der Waals surface area contributed by atoms with E-state index in [0.717, 1.165) is 30.3 Å². The molecule has 6 nitrogen and oxygen atoms in total. The van der Waals surface area contributed by atoms with E-state index in [0.29, 0.717) is 23.3 Å². The maximum atomic E-state index is 12.9. The maximum absolute atomic E-state index is 12.9. The molecule has 0 unspecified atom stereocenters. The van der Waals surface area contributed by atoms with Crippen LogP contribution in [0.4, 0.5) is 0 Å². The lowest BCUT2D eigenvalue weighted by molar-refractivity contribution is 0.170. The van der Waals surface area contributed by atoms with Crippen molar-refractivity contribution in [1.29, 1.82) is 0 Å². The first kappa shape index (κ1) is 19.6. The number of nitrogens with zero attached hydrogens (tertiary/aromatic N) is 4. The summed E-state index contributed by atoms with van der Waals surface area (Å²) in [5, 5.41) is 0.568.